The minimum absolute atomic E-state index is 0.0783. The number of para-hydroxylation sites is 5. The van der Waals surface area contributed by atoms with Gasteiger partial charge in [-0.15, -0.1) is 0 Å². The van der Waals surface area contributed by atoms with Gasteiger partial charge in [-0.1, -0.05) is 103 Å². The van der Waals surface area contributed by atoms with Crippen molar-refractivity contribution in [2.45, 2.75) is 37.5 Å². The highest BCUT2D eigenvalue weighted by Crippen LogP contribution is 2.69. The number of aromatic nitrogens is 1. The van der Waals surface area contributed by atoms with Crippen molar-refractivity contribution in [1.82, 2.24) is 4.57 Å². The Hall–Kier alpha value is -6.00. The first-order chi connectivity index (χ1) is 27.8. The average molecular weight is 718 g/mol. The van der Waals surface area contributed by atoms with Gasteiger partial charge in [-0.2, -0.15) is 0 Å². The first-order valence-corrected chi connectivity index (χ1v) is 20.9. The minimum atomic E-state index is 0.0783. The predicted molar refractivity (Wildman–Crippen MR) is 233 cm³/mol. The average Bonchev–Trinajstić information content (AvgIpc) is 3.58. The summed E-state index contributed by atoms with van der Waals surface area (Å²) in [5.41, 5.74) is 19.1. The summed E-state index contributed by atoms with van der Waals surface area (Å²) in [5, 5.41) is 2.58. The molecule has 4 heterocycles. The van der Waals surface area contributed by atoms with E-state index in [1.54, 1.807) is 11.1 Å². The van der Waals surface area contributed by atoms with Crippen LogP contribution in [0.1, 0.15) is 43.2 Å². The summed E-state index contributed by atoms with van der Waals surface area (Å²) >= 11 is 0. The molecule has 0 radical (unpaired) electrons. The molecule has 4 bridgehead atoms. The van der Waals surface area contributed by atoms with Crippen LogP contribution in [0.3, 0.4) is 0 Å². The minimum Gasteiger partial charge on any atom is -0.311 e. The number of anilines is 6. The van der Waals surface area contributed by atoms with Crippen LogP contribution in [0, 0.1) is 23.7 Å². The molecule has 7 aliphatic rings. The highest BCUT2D eigenvalue weighted by atomic mass is 15.2. The first-order valence-electron chi connectivity index (χ1n) is 20.9. The summed E-state index contributed by atoms with van der Waals surface area (Å²) in [6, 6.07) is 60.3. The molecule has 4 fully saturated rings. The number of hydrogen-bond acceptors (Lipinski definition) is 2. The molecule has 4 aliphatic carbocycles. The van der Waals surface area contributed by atoms with E-state index >= 15 is 0 Å². The van der Waals surface area contributed by atoms with Gasteiger partial charge in [-0.05, 0) is 138 Å². The van der Waals surface area contributed by atoms with Gasteiger partial charge in [0.1, 0.15) is 0 Å². The van der Waals surface area contributed by atoms with Gasteiger partial charge in [0.15, 0.2) is 0 Å². The molecule has 1 aromatic heterocycles. The van der Waals surface area contributed by atoms with Crippen LogP contribution in [0.15, 0.2) is 158 Å². The van der Waals surface area contributed by atoms with E-state index in [9.17, 15) is 0 Å². The molecule has 7 aromatic carbocycles. The number of rotatable bonds is 2. The predicted octanol–water partition coefficient (Wildman–Crippen LogP) is 10.9. The Morgan fingerprint density at radius 1 is 0.446 bits per heavy atom. The van der Waals surface area contributed by atoms with E-state index in [-0.39, 0.29) is 12.1 Å². The van der Waals surface area contributed by atoms with Crippen LogP contribution in [-0.2, 0) is 5.41 Å². The van der Waals surface area contributed by atoms with Gasteiger partial charge in [0, 0.05) is 50.3 Å². The second-order valence-electron chi connectivity index (χ2n) is 17.7. The summed E-state index contributed by atoms with van der Waals surface area (Å²) in [4.78, 5) is 5.25. The number of fused-ring (bicyclic) bond motifs is 9. The van der Waals surface area contributed by atoms with Crippen LogP contribution in [0.4, 0.5) is 34.1 Å². The molecular formula is C52H40BN3. The fourth-order valence-corrected chi connectivity index (χ4v) is 13.7. The van der Waals surface area contributed by atoms with Crippen molar-refractivity contribution in [3.63, 3.8) is 0 Å². The maximum atomic E-state index is 2.70. The zero-order valence-corrected chi connectivity index (χ0v) is 31.3. The normalized spacial score (nSPS) is 24.4. The lowest BCUT2D eigenvalue weighted by atomic mass is 9.32. The fourth-order valence-electron chi connectivity index (χ4n) is 13.7. The molecule has 15 rings (SSSR count). The fraction of sp³-hybridized carbons (Fsp3) is 0.192. The van der Waals surface area contributed by atoms with Crippen LogP contribution in [-0.4, -0.2) is 11.3 Å². The molecule has 0 saturated heterocycles. The quantitative estimate of drug-likeness (QED) is 0.165. The van der Waals surface area contributed by atoms with Crippen molar-refractivity contribution in [2.24, 2.45) is 23.7 Å². The Bertz CT molecular complexity index is 2900. The molecule has 56 heavy (non-hydrogen) atoms. The molecule has 1 spiro atoms. The van der Waals surface area contributed by atoms with Gasteiger partial charge >= 0.3 is 0 Å². The van der Waals surface area contributed by atoms with Gasteiger partial charge in [0.05, 0.1) is 16.7 Å². The molecule has 0 atom stereocenters. The van der Waals surface area contributed by atoms with E-state index in [0.29, 0.717) is 11.8 Å². The van der Waals surface area contributed by atoms with Crippen LogP contribution in [0.5, 0.6) is 0 Å². The molecule has 0 unspecified atom stereocenters. The van der Waals surface area contributed by atoms with Gasteiger partial charge in [0.25, 0.3) is 6.71 Å². The Labute approximate surface area is 327 Å². The van der Waals surface area contributed by atoms with Gasteiger partial charge in [0.2, 0.25) is 0 Å². The number of nitrogens with zero attached hydrogens (tertiary/aromatic N) is 3. The number of benzene rings is 7. The lowest BCUT2D eigenvalue weighted by molar-refractivity contribution is -0.0419. The molecule has 3 aliphatic heterocycles. The molecular weight excluding hydrogens is 677 g/mol. The maximum absolute atomic E-state index is 2.70. The van der Waals surface area contributed by atoms with Crippen molar-refractivity contribution >= 4 is 79.0 Å². The van der Waals surface area contributed by atoms with Crippen LogP contribution in [0.25, 0.3) is 27.5 Å². The van der Waals surface area contributed by atoms with Crippen LogP contribution >= 0.6 is 0 Å². The Morgan fingerprint density at radius 3 is 1.80 bits per heavy atom. The molecule has 4 heteroatoms. The second kappa shape index (κ2) is 10.6. The standard InChI is InChI=1S/C52H40BN3/c1-2-12-36(13-3-1)54-47-22-11-23-48-50(47)53(42-25-24-37(31-49(42)54)55-44-19-7-4-14-38(44)39-15-5-8-20-45(39)55)43-18-10-17-41-51(43)56(48)46-21-9-6-16-40(46)52(41)34-27-32-26-33(29-34)30-35(52)28-32/h1-25,31-35H,26-30H2. The molecule has 266 valence electrons. The van der Waals surface area contributed by atoms with E-state index in [0.717, 1.165) is 11.8 Å². The van der Waals surface area contributed by atoms with Crippen molar-refractivity contribution in [2.75, 3.05) is 9.80 Å². The highest BCUT2D eigenvalue weighted by Gasteiger charge is 2.62. The lowest BCUT2D eigenvalue weighted by Crippen LogP contribution is -2.64. The molecule has 0 N–H and O–H groups in total. The zero-order chi connectivity index (χ0) is 36.3. The Kier molecular flexibility index (Phi) is 5.75. The zero-order valence-electron chi connectivity index (χ0n) is 31.3. The molecule has 4 saturated carbocycles. The Morgan fingerprint density at radius 2 is 1.05 bits per heavy atom. The van der Waals surface area contributed by atoms with Crippen molar-refractivity contribution < 1.29 is 0 Å². The summed E-state index contributed by atoms with van der Waals surface area (Å²) in [6.07, 6.45) is 7.00. The Balaban J connectivity index is 1.06. The van der Waals surface area contributed by atoms with Gasteiger partial charge < -0.3 is 14.4 Å². The molecule has 8 aromatic rings. The topological polar surface area (TPSA) is 11.4 Å². The lowest BCUT2D eigenvalue weighted by Gasteiger charge is -2.64. The van der Waals surface area contributed by atoms with E-state index < -0.39 is 0 Å². The van der Waals surface area contributed by atoms with Crippen molar-refractivity contribution in [3.05, 3.63) is 169 Å². The summed E-state index contributed by atoms with van der Waals surface area (Å²) in [7, 11) is 0. The highest BCUT2D eigenvalue weighted by molar-refractivity contribution is 7.00. The van der Waals surface area contributed by atoms with Gasteiger partial charge in [-0.3, -0.25) is 0 Å². The van der Waals surface area contributed by atoms with Gasteiger partial charge in [-0.25, -0.2) is 0 Å². The monoisotopic (exact) mass is 717 g/mol. The van der Waals surface area contributed by atoms with Crippen LogP contribution < -0.4 is 26.2 Å². The van der Waals surface area contributed by atoms with Crippen molar-refractivity contribution in [1.29, 1.82) is 0 Å². The molecule has 0 amide bonds. The summed E-state index contributed by atoms with van der Waals surface area (Å²) < 4.78 is 2.47. The van der Waals surface area contributed by atoms with E-state index in [1.807, 2.05) is 0 Å². The maximum Gasteiger partial charge on any atom is 0.252 e. The van der Waals surface area contributed by atoms with Crippen LogP contribution in [0.2, 0.25) is 0 Å². The van der Waals surface area contributed by atoms with E-state index in [4.69, 9.17) is 0 Å². The molecule has 3 nitrogen and oxygen atoms in total. The number of hydrogen-bond donors (Lipinski definition) is 0. The largest absolute Gasteiger partial charge is 0.311 e. The summed E-state index contributed by atoms with van der Waals surface area (Å²) in [6.45, 7) is 0.119. The van der Waals surface area contributed by atoms with E-state index in [2.05, 4.69) is 172 Å². The second-order valence-corrected chi connectivity index (χ2v) is 17.7. The third kappa shape index (κ3) is 3.59. The summed E-state index contributed by atoms with van der Waals surface area (Å²) in [5.74, 6) is 3.24. The third-order valence-electron chi connectivity index (χ3n) is 15.3. The van der Waals surface area contributed by atoms with Crippen molar-refractivity contribution in [3.8, 4) is 5.69 Å². The third-order valence-corrected chi connectivity index (χ3v) is 15.3. The van der Waals surface area contributed by atoms with E-state index in [1.165, 1.54) is 110 Å². The smallest absolute Gasteiger partial charge is 0.252 e. The SMILES string of the molecule is c1ccc(N2c3cc(-n4c5ccccc5c5ccccc54)ccc3B3c4cccc5c4N(c4ccccc4C54C5CC6CC(C5)CC4C6)c4cccc2c43)cc1. The first kappa shape index (κ1) is 30.3.